The van der Waals surface area contributed by atoms with Crippen LogP contribution in [0.2, 0.25) is 0 Å². The van der Waals surface area contributed by atoms with Gasteiger partial charge in [0.2, 0.25) is 0 Å². The molecule has 0 radical (unpaired) electrons. The number of benzene rings is 1. The number of nitrogens with one attached hydrogen (secondary N) is 1. The molecule has 0 aliphatic rings. The Hall–Kier alpha value is -2.28. The van der Waals surface area contributed by atoms with E-state index in [1.165, 1.54) is 0 Å². The molecule has 0 amide bonds. The number of aromatic nitrogens is 1. The quantitative estimate of drug-likeness (QED) is 0.762. The van der Waals surface area contributed by atoms with Crippen molar-refractivity contribution in [3.8, 4) is 11.5 Å². The molecular formula is C18H23N2O4S-. The topological polar surface area (TPSA) is 83.5 Å². The van der Waals surface area contributed by atoms with Crippen LogP contribution >= 0.6 is 11.3 Å². The van der Waals surface area contributed by atoms with Crippen LogP contribution in [0.1, 0.15) is 41.7 Å². The average molecular weight is 363 g/mol. The molecule has 1 N–H and O–H groups in total. The molecule has 2 aromatic rings. The third kappa shape index (κ3) is 4.85. The van der Waals surface area contributed by atoms with Gasteiger partial charge in [0.1, 0.15) is 18.1 Å². The molecule has 0 aliphatic carbocycles. The summed E-state index contributed by atoms with van der Waals surface area (Å²) in [5.74, 6) is 0.400. The van der Waals surface area contributed by atoms with Crippen LogP contribution < -0.4 is 19.9 Å². The van der Waals surface area contributed by atoms with Gasteiger partial charge in [-0.3, -0.25) is 0 Å². The Morgan fingerprint density at radius 3 is 2.64 bits per heavy atom. The van der Waals surface area contributed by atoms with Crippen LogP contribution in [0.25, 0.3) is 0 Å². The summed E-state index contributed by atoms with van der Waals surface area (Å²) in [6.45, 7) is 8.94. The van der Waals surface area contributed by atoms with Crippen LogP contribution in [0.5, 0.6) is 11.5 Å². The summed E-state index contributed by atoms with van der Waals surface area (Å²) in [7, 11) is 1.64. The Kier molecular flexibility index (Phi) is 5.89. The molecule has 2 rings (SSSR count). The maximum absolute atomic E-state index is 10.9. The van der Waals surface area contributed by atoms with Crippen molar-refractivity contribution in [1.29, 1.82) is 0 Å². The fraction of sp³-hybridized carbons (Fsp3) is 0.444. The van der Waals surface area contributed by atoms with Gasteiger partial charge in [0.15, 0.2) is 5.13 Å². The fourth-order valence-electron chi connectivity index (χ4n) is 2.33. The molecule has 0 spiro atoms. The molecule has 0 saturated heterocycles. The molecule has 0 fully saturated rings. The molecular weight excluding hydrogens is 340 g/mol. The number of carbonyl (C=O) groups excluding carboxylic acids is 1. The second-order valence-electron chi connectivity index (χ2n) is 6.61. The summed E-state index contributed by atoms with van der Waals surface area (Å²) in [5.41, 5.74) is 1.45. The molecule has 136 valence electrons. The van der Waals surface area contributed by atoms with Gasteiger partial charge in [-0.1, -0.05) is 32.1 Å². The number of hydrogen-bond donors (Lipinski definition) is 1. The number of methoxy groups -OCH3 is 1. The lowest BCUT2D eigenvalue weighted by molar-refractivity contribution is -0.254. The van der Waals surface area contributed by atoms with Crippen LogP contribution in [-0.2, 0) is 5.41 Å². The van der Waals surface area contributed by atoms with Gasteiger partial charge >= 0.3 is 0 Å². The van der Waals surface area contributed by atoms with Crippen molar-refractivity contribution in [2.75, 3.05) is 25.6 Å². The monoisotopic (exact) mass is 363 g/mol. The number of aromatic carboxylic acids is 1. The highest BCUT2D eigenvalue weighted by atomic mass is 32.1. The summed E-state index contributed by atoms with van der Waals surface area (Å²) in [5, 5.41) is 14.6. The minimum atomic E-state index is -1.20. The largest absolute Gasteiger partial charge is 0.544 e. The lowest BCUT2D eigenvalue weighted by atomic mass is 9.86. The van der Waals surface area contributed by atoms with Crippen LogP contribution in [0.4, 0.5) is 5.13 Å². The molecule has 1 aromatic carbocycles. The first-order chi connectivity index (χ1) is 11.7. The Morgan fingerprint density at radius 1 is 1.36 bits per heavy atom. The van der Waals surface area contributed by atoms with Gasteiger partial charge in [-0.2, -0.15) is 0 Å². The number of carboxylic acid groups (broad SMARTS) is 1. The van der Waals surface area contributed by atoms with Crippen LogP contribution in [0.3, 0.4) is 0 Å². The summed E-state index contributed by atoms with van der Waals surface area (Å²) < 4.78 is 11.2. The van der Waals surface area contributed by atoms with Crippen molar-refractivity contribution in [2.45, 2.75) is 33.1 Å². The van der Waals surface area contributed by atoms with Crippen LogP contribution in [0.15, 0.2) is 18.2 Å². The first kappa shape index (κ1) is 19.1. The number of thiazole rings is 1. The molecule has 25 heavy (non-hydrogen) atoms. The standard InChI is InChI=1S/C18H24N2O4S/c1-11-15(16(21)22)25-17(20-11)19-8-9-24-14-7-6-12(23-5)10-13(14)18(2,3)4/h6-7,10H,8-9H2,1-5H3,(H,19,20)(H,21,22)/p-1. The maximum Gasteiger partial charge on any atom is 0.183 e. The second kappa shape index (κ2) is 7.74. The molecule has 0 saturated carbocycles. The van der Waals surface area contributed by atoms with Crippen molar-refractivity contribution < 1.29 is 19.4 Å². The molecule has 1 heterocycles. The molecule has 6 nitrogen and oxygen atoms in total. The van der Waals surface area contributed by atoms with Gasteiger partial charge in [-0.15, -0.1) is 0 Å². The fourth-order valence-corrected chi connectivity index (χ4v) is 3.16. The van der Waals surface area contributed by atoms with Gasteiger partial charge in [0.05, 0.1) is 30.2 Å². The Balaban J connectivity index is 1.98. The molecule has 0 bridgehead atoms. The highest BCUT2D eigenvalue weighted by Gasteiger charge is 2.20. The molecule has 0 aliphatic heterocycles. The highest BCUT2D eigenvalue weighted by Crippen LogP contribution is 2.34. The van der Waals surface area contributed by atoms with E-state index in [2.05, 4.69) is 31.1 Å². The van der Waals surface area contributed by atoms with Gasteiger partial charge in [0, 0.05) is 5.56 Å². The van der Waals surface area contributed by atoms with E-state index in [1.54, 1.807) is 14.0 Å². The zero-order valence-corrected chi connectivity index (χ0v) is 16.0. The van der Waals surface area contributed by atoms with Crippen molar-refractivity contribution in [2.24, 2.45) is 0 Å². The van der Waals surface area contributed by atoms with E-state index in [0.29, 0.717) is 24.0 Å². The number of carboxylic acids is 1. The molecule has 1 aromatic heterocycles. The maximum atomic E-state index is 10.9. The van der Waals surface area contributed by atoms with Crippen molar-refractivity contribution in [1.82, 2.24) is 4.98 Å². The number of ether oxygens (including phenoxy) is 2. The number of aryl methyl sites for hydroxylation is 1. The SMILES string of the molecule is COc1ccc(OCCNc2nc(C)c(C(=O)[O-])s2)c(C(C)(C)C)c1. The number of rotatable bonds is 7. The molecule has 7 heteroatoms. The summed E-state index contributed by atoms with van der Waals surface area (Å²) in [4.78, 5) is 15.2. The third-order valence-electron chi connectivity index (χ3n) is 3.61. The molecule has 0 atom stereocenters. The highest BCUT2D eigenvalue weighted by molar-refractivity contribution is 7.17. The number of hydrogen-bond acceptors (Lipinski definition) is 7. The minimum Gasteiger partial charge on any atom is -0.544 e. The van der Waals surface area contributed by atoms with Crippen molar-refractivity contribution in [3.63, 3.8) is 0 Å². The predicted molar refractivity (Wildman–Crippen MR) is 96.9 cm³/mol. The smallest absolute Gasteiger partial charge is 0.183 e. The number of carbonyl (C=O) groups is 1. The molecule has 0 unspecified atom stereocenters. The van der Waals surface area contributed by atoms with Gasteiger partial charge in [0.25, 0.3) is 0 Å². The van der Waals surface area contributed by atoms with E-state index in [-0.39, 0.29) is 10.3 Å². The second-order valence-corrected chi connectivity index (χ2v) is 7.61. The Labute approximate surface area is 151 Å². The van der Waals surface area contributed by atoms with E-state index in [4.69, 9.17) is 9.47 Å². The zero-order valence-electron chi connectivity index (χ0n) is 15.1. The summed E-state index contributed by atoms with van der Waals surface area (Å²) in [6.07, 6.45) is 0. The lowest BCUT2D eigenvalue weighted by Crippen LogP contribution is -2.21. The van der Waals surface area contributed by atoms with E-state index in [9.17, 15) is 9.90 Å². The van der Waals surface area contributed by atoms with E-state index >= 15 is 0 Å². The average Bonchev–Trinajstić information content (AvgIpc) is 2.91. The van der Waals surface area contributed by atoms with Crippen molar-refractivity contribution >= 4 is 22.4 Å². The van der Waals surface area contributed by atoms with Gasteiger partial charge in [-0.05, 0) is 30.5 Å². The normalized spacial score (nSPS) is 11.2. The van der Waals surface area contributed by atoms with Gasteiger partial charge in [-0.25, -0.2) is 4.98 Å². The minimum absolute atomic E-state index is 0.0763. The van der Waals surface area contributed by atoms with Crippen LogP contribution in [-0.4, -0.2) is 31.2 Å². The first-order valence-electron chi connectivity index (χ1n) is 7.96. The Morgan fingerprint density at radius 2 is 2.08 bits per heavy atom. The summed E-state index contributed by atoms with van der Waals surface area (Å²) >= 11 is 1.07. The third-order valence-corrected chi connectivity index (χ3v) is 4.71. The van der Waals surface area contributed by atoms with E-state index in [0.717, 1.165) is 28.4 Å². The van der Waals surface area contributed by atoms with E-state index in [1.807, 2.05) is 18.2 Å². The predicted octanol–water partition coefficient (Wildman–Crippen LogP) is 2.61. The van der Waals surface area contributed by atoms with E-state index < -0.39 is 5.97 Å². The Bertz CT molecular complexity index is 750. The first-order valence-corrected chi connectivity index (χ1v) is 8.78. The van der Waals surface area contributed by atoms with Gasteiger partial charge < -0.3 is 24.7 Å². The van der Waals surface area contributed by atoms with Crippen LogP contribution in [0, 0.1) is 6.92 Å². The lowest BCUT2D eigenvalue weighted by Gasteiger charge is -2.23. The number of anilines is 1. The summed E-state index contributed by atoms with van der Waals surface area (Å²) in [6, 6.07) is 5.76. The number of nitrogens with zero attached hydrogens (tertiary/aromatic N) is 1. The van der Waals surface area contributed by atoms with Crippen molar-refractivity contribution in [3.05, 3.63) is 34.3 Å². The zero-order chi connectivity index (χ0) is 18.6.